The first-order valence-corrected chi connectivity index (χ1v) is 11.0. The summed E-state index contributed by atoms with van der Waals surface area (Å²) >= 11 is 0. The Morgan fingerprint density at radius 3 is 2.73 bits per heavy atom. The number of rotatable bonds is 7. The molecule has 0 fully saturated rings. The van der Waals surface area contributed by atoms with Gasteiger partial charge >= 0.3 is 6.09 Å². The molecule has 2 heterocycles. The Morgan fingerprint density at radius 1 is 1.24 bits per heavy atom. The molecule has 0 aliphatic carbocycles. The summed E-state index contributed by atoms with van der Waals surface area (Å²) in [6.07, 6.45) is 1.41. The molecule has 33 heavy (non-hydrogen) atoms. The monoisotopic (exact) mass is 455 g/mol. The third kappa shape index (κ3) is 6.71. The van der Waals surface area contributed by atoms with Gasteiger partial charge in [-0.2, -0.15) is 0 Å². The number of ether oxygens (including phenoxy) is 1. The highest BCUT2D eigenvalue weighted by atomic mass is 16.5. The molecule has 2 amide bonds. The van der Waals surface area contributed by atoms with Crippen molar-refractivity contribution in [1.82, 2.24) is 25.6 Å². The second kappa shape index (κ2) is 11.3. The average molecular weight is 456 g/mol. The summed E-state index contributed by atoms with van der Waals surface area (Å²) < 4.78 is 6.92. The van der Waals surface area contributed by atoms with Crippen molar-refractivity contribution in [3.05, 3.63) is 47.8 Å². The molecule has 1 aliphatic rings. The minimum absolute atomic E-state index is 0.0734. The van der Waals surface area contributed by atoms with E-state index in [1.807, 2.05) is 30.3 Å². The number of hydrogen-bond acceptors (Lipinski definition) is 7. The Balaban J connectivity index is 1.67. The van der Waals surface area contributed by atoms with Gasteiger partial charge in [-0.05, 0) is 17.9 Å². The zero-order chi connectivity index (χ0) is 23.8. The maximum atomic E-state index is 13.1. The molecule has 1 aromatic heterocycles. The molecule has 2 aromatic rings. The fourth-order valence-corrected chi connectivity index (χ4v) is 3.72. The van der Waals surface area contributed by atoms with Crippen molar-refractivity contribution in [1.29, 1.82) is 0 Å². The Hall–Kier alpha value is -3.56. The normalized spacial score (nSPS) is 17.6. The average Bonchev–Trinajstić information content (AvgIpc) is 3.24. The van der Waals surface area contributed by atoms with E-state index in [4.69, 9.17) is 4.74 Å². The van der Waals surface area contributed by atoms with Crippen LogP contribution in [-0.4, -0.2) is 51.1 Å². The van der Waals surface area contributed by atoms with Crippen LogP contribution in [0.2, 0.25) is 0 Å². The van der Waals surface area contributed by atoms with Crippen LogP contribution in [0.4, 0.5) is 4.79 Å². The number of amides is 2. The van der Waals surface area contributed by atoms with Crippen LogP contribution < -0.4 is 10.6 Å². The molecule has 10 nitrogen and oxygen atoms in total. The lowest BCUT2D eigenvalue weighted by Gasteiger charge is -2.23. The minimum atomic E-state index is -0.878. The van der Waals surface area contributed by atoms with E-state index < -0.39 is 29.7 Å². The molecule has 3 rings (SSSR count). The highest BCUT2D eigenvalue weighted by molar-refractivity contribution is 6.37. The van der Waals surface area contributed by atoms with Crippen molar-refractivity contribution in [3.63, 3.8) is 0 Å². The summed E-state index contributed by atoms with van der Waals surface area (Å²) in [5.74, 6) is -2.82. The van der Waals surface area contributed by atoms with Crippen molar-refractivity contribution >= 4 is 23.6 Å². The largest absolute Gasteiger partial charge is 0.445 e. The van der Waals surface area contributed by atoms with Crippen molar-refractivity contribution < 1.29 is 23.9 Å². The number of carbonyl (C=O) groups is 4. The van der Waals surface area contributed by atoms with E-state index in [0.29, 0.717) is 25.2 Å². The highest BCUT2D eigenvalue weighted by Crippen LogP contribution is 2.18. The molecule has 2 N–H and O–H groups in total. The van der Waals surface area contributed by atoms with Gasteiger partial charge in [-0.3, -0.25) is 14.4 Å². The van der Waals surface area contributed by atoms with Crippen LogP contribution in [0.15, 0.2) is 36.5 Å². The van der Waals surface area contributed by atoms with Crippen molar-refractivity contribution in [3.8, 4) is 0 Å². The number of carbonyl (C=O) groups excluding carboxylic acids is 4. The third-order valence-electron chi connectivity index (χ3n) is 5.53. The molecule has 176 valence electrons. The molecule has 1 aromatic carbocycles. The zero-order valence-electron chi connectivity index (χ0n) is 18.8. The Kier molecular flexibility index (Phi) is 8.28. The molecule has 2 atom stereocenters. The standard InChI is InChI=1S/C23H29N5O5/c1-15(2)20(26-23(32)33-14-16-7-4-3-5-8-16)19(29)12-17-11-18-13-25-27-28(18)10-6-9-24-22(31)21(17)30/h3-5,7-8,13,15,17,20H,6,9-12,14H2,1-2H3,(H,24,31)(H,26,32). The SMILES string of the molecule is CC(C)C(NC(=O)OCc1ccccc1)C(=O)CC1Cc2cnnn2CCCNC(=O)C1=O. The van der Waals surface area contributed by atoms with Crippen LogP contribution >= 0.6 is 0 Å². The zero-order valence-corrected chi connectivity index (χ0v) is 18.8. The molecule has 2 unspecified atom stereocenters. The van der Waals surface area contributed by atoms with Gasteiger partial charge < -0.3 is 15.4 Å². The number of nitrogens with zero attached hydrogens (tertiary/aromatic N) is 3. The number of fused-ring (bicyclic) bond motifs is 1. The minimum Gasteiger partial charge on any atom is -0.445 e. The van der Waals surface area contributed by atoms with Crippen molar-refractivity contribution in [2.24, 2.45) is 11.8 Å². The topological polar surface area (TPSA) is 132 Å². The van der Waals surface area contributed by atoms with E-state index in [1.54, 1.807) is 24.7 Å². The van der Waals surface area contributed by atoms with E-state index in [0.717, 1.165) is 5.56 Å². The van der Waals surface area contributed by atoms with E-state index in [9.17, 15) is 19.2 Å². The molecule has 0 saturated carbocycles. The summed E-state index contributed by atoms with van der Waals surface area (Å²) in [5.41, 5.74) is 1.51. The third-order valence-corrected chi connectivity index (χ3v) is 5.53. The summed E-state index contributed by atoms with van der Waals surface area (Å²) in [4.78, 5) is 50.5. The van der Waals surface area contributed by atoms with Crippen LogP contribution in [-0.2, 0) is 38.7 Å². The number of hydrogen-bond donors (Lipinski definition) is 2. The maximum absolute atomic E-state index is 13.1. The van der Waals surface area contributed by atoms with Crippen LogP contribution in [0, 0.1) is 11.8 Å². The number of aryl methyl sites for hydroxylation is 1. The van der Waals surface area contributed by atoms with Gasteiger partial charge in [0.1, 0.15) is 6.61 Å². The van der Waals surface area contributed by atoms with Gasteiger partial charge in [-0.25, -0.2) is 9.48 Å². The summed E-state index contributed by atoms with van der Waals surface area (Å²) in [6, 6.07) is 8.33. The Labute approximate surface area is 192 Å². The van der Waals surface area contributed by atoms with E-state index in [1.165, 1.54) is 0 Å². The molecule has 0 spiro atoms. The summed E-state index contributed by atoms with van der Waals surface area (Å²) in [7, 11) is 0. The molecule has 1 aliphatic heterocycles. The van der Waals surface area contributed by atoms with E-state index in [2.05, 4.69) is 20.9 Å². The van der Waals surface area contributed by atoms with Gasteiger partial charge in [-0.15, -0.1) is 5.10 Å². The number of benzene rings is 1. The van der Waals surface area contributed by atoms with Crippen molar-refractivity contribution in [2.75, 3.05) is 6.54 Å². The lowest BCUT2D eigenvalue weighted by molar-refractivity contribution is -0.141. The first-order valence-electron chi connectivity index (χ1n) is 11.0. The Morgan fingerprint density at radius 2 is 2.00 bits per heavy atom. The van der Waals surface area contributed by atoms with Gasteiger partial charge in [0.25, 0.3) is 5.91 Å². The van der Waals surface area contributed by atoms with Crippen LogP contribution in [0.5, 0.6) is 0 Å². The number of Topliss-reactive ketones (excluding diaryl/α,β-unsaturated/α-hetero) is 2. The van der Waals surface area contributed by atoms with Gasteiger partial charge in [0.15, 0.2) is 5.78 Å². The summed E-state index contributed by atoms with van der Waals surface area (Å²) in [6.45, 7) is 4.54. The Bertz CT molecular complexity index is 988. The maximum Gasteiger partial charge on any atom is 0.408 e. The second-order valence-electron chi connectivity index (χ2n) is 8.42. The summed E-state index contributed by atoms with van der Waals surface area (Å²) in [5, 5.41) is 13.1. The molecule has 0 radical (unpaired) electrons. The van der Waals surface area contributed by atoms with E-state index >= 15 is 0 Å². The lowest BCUT2D eigenvalue weighted by atomic mass is 9.87. The number of nitrogens with one attached hydrogen (secondary N) is 2. The molecule has 0 saturated heterocycles. The second-order valence-corrected chi connectivity index (χ2v) is 8.42. The fourth-order valence-electron chi connectivity index (χ4n) is 3.72. The smallest absolute Gasteiger partial charge is 0.408 e. The molecular weight excluding hydrogens is 426 g/mol. The quantitative estimate of drug-likeness (QED) is 0.604. The van der Waals surface area contributed by atoms with E-state index in [-0.39, 0.29) is 31.1 Å². The van der Waals surface area contributed by atoms with Crippen LogP contribution in [0.3, 0.4) is 0 Å². The highest BCUT2D eigenvalue weighted by Gasteiger charge is 2.33. The van der Waals surface area contributed by atoms with Gasteiger partial charge in [0.2, 0.25) is 5.78 Å². The predicted molar refractivity (Wildman–Crippen MR) is 118 cm³/mol. The number of ketones is 2. The lowest BCUT2D eigenvalue weighted by Crippen LogP contribution is -2.46. The first-order chi connectivity index (χ1) is 15.8. The van der Waals surface area contributed by atoms with Gasteiger partial charge in [0.05, 0.1) is 17.9 Å². The molecule has 0 bridgehead atoms. The number of aromatic nitrogens is 3. The van der Waals surface area contributed by atoms with Gasteiger partial charge in [-0.1, -0.05) is 49.4 Å². The fraction of sp³-hybridized carbons (Fsp3) is 0.478. The first kappa shape index (κ1) is 24.1. The molecular formula is C23H29N5O5. The predicted octanol–water partition coefficient (Wildman–Crippen LogP) is 1.44. The van der Waals surface area contributed by atoms with Crippen molar-refractivity contribution in [2.45, 2.75) is 52.3 Å². The van der Waals surface area contributed by atoms with Crippen LogP contribution in [0.1, 0.15) is 37.9 Å². The van der Waals surface area contributed by atoms with Crippen LogP contribution in [0.25, 0.3) is 0 Å². The number of alkyl carbamates (subject to hydrolysis) is 1. The molecule has 10 heteroatoms. The van der Waals surface area contributed by atoms with Gasteiger partial charge in [0, 0.05) is 31.8 Å².